The molecule has 1 aliphatic carbocycles. The number of thiophene rings is 1. The van der Waals surface area contributed by atoms with Gasteiger partial charge in [-0.2, -0.15) is 0 Å². The Morgan fingerprint density at radius 3 is 2.71 bits per heavy atom. The van der Waals surface area contributed by atoms with Gasteiger partial charge in [-0.05, 0) is 24.5 Å². The molecular formula is C11H16ClNS. The maximum Gasteiger partial charge on any atom is 0.0931 e. The first-order valence-electron chi connectivity index (χ1n) is 5.26. The Hall–Kier alpha value is -0.0500. The van der Waals surface area contributed by atoms with Crippen LogP contribution in [-0.4, -0.2) is 0 Å². The molecule has 1 atom stereocenters. The van der Waals surface area contributed by atoms with E-state index in [1.165, 1.54) is 30.6 Å². The summed E-state index contributed by atoms with van der Waals surface area (Å²) in [6, 6.07) is 4.21. The Labute approximate surface area is 94.3 Å². The van der Waals surface area contributed by atoms with E-state index in [9.17, 15) is 0 Å². The van der Waals surface area contributed by atoms with E-state index in [4.69, 9.17) is 17.3 Å². The number of nitrogens with two attached hydrogens (primary N) is 1. The van der Waals surface area contributed by atoms with Crippen molar-refractivity contribution in [3.8, 4) is 0 Å². The van der Waals surface area contributed by atoms with E-state index in [0.29, 0.717) is 0 Å². The van der Waals surface area contributed by atoms with Crippen LogP contribution in [-0.2, 0) is 0 Å². The van der Waals surface area contributed by atoms with Gasteiger partial charge in [0.05, 0.1) is 4.34 Å². The zero-order valence-electron chi connectivity index (χ0n) is 8.21. The van der Waals surface area contributed by atoms with Crippen molar-refractivity contribution in [3.05, 3.63) is 21.3 Å². The molecule has 0 aliphatic heterocycles. The molecule has 1 aromatic heterocycles. The predicted octanol–water partition coefficient (Wildman–Crippen LogP) is 3.98. The van der Waals surface area contributed by atoms with Crippen LogP contribution in [0.1, 0.15) is 43.0 Å². The molecule has 0 radical (unpaired) electrons. The Balaban J connectivity index is 1.91. The summed E-state index contributed by atoms with van der Waals surface area (Å²) >= 11 is 7.50. The van der Waals surface area contributed by atoms with Gasteiger partial charge < -0.3 is 5.73 Å². The van der Waals surface area contributed by atoms with Gasteiger partial charge in [-0.1, -0.05) is 37.3 Å². The average Bonchev–Trinajstić information content (AvgIpc) is 2.75. The van der Waals surface area contributed by atoms with Crippen molar-refractivity contribution in [2.24, 2.45) is 11.7 Å². The second-order valence-corrected chi connectivity index (χ2v) is 5.88. The quantitative estimate of drug-likeness (QED) is 0.834. The second kappa shape index (κ2) is 4.65. The average molecular weight is 230 g/mol. The summed E-state index contributed by atoms with van der Waals surface area (Å²) in [7, 11) is 0. The lowest BCUT2D eigenvalue weighted by molar-refractivity contribution is 0.454. The van der Waals surface area contributed by atoms with Gasteiger partial charge in [-0.3, -0.25) is 0 Å². The van der Waals surface area contributed by atoms with E-state index in [1.807, 2.05) is 6.07 Å². The highest BCUT2D eigenvalue weighted by Gasteiger charge is 2.19. The molecule has 2 rings (SSSR count). The molecular weight excluding hydrogens is 214 g/mol. The summed E-state index contributed by atoms with van der Waals surface area (Å²) in [6.45, 7) is 0. The van der Waals surface area contributed by atoms with E-state index >= 15 is 0 Å². The lowest BCUT2D eigenvalue weighted by atomic mass is 9.98. The molecule has 14 heavy (non-hydrogen) atoms. The van der Waals surface area contributed by atoms with E-state index in [1.54, 1.807) is 11.3 Å². The minimum absolute atomic E-state index is 0.204. The number of hydrogen-bond acceptors (Lipinski definition) is 2. The lowest BCUT2D eigenvalue weighted by Gasteiger charge is -2.14. The second-order valence-electron chi connectivity index (χ2n) is 4.13. The first kappa shape index (κ1) is 10.5. The summed E-state index contributed by atoms with van der Waals surface area (Å²) in [5.41, 5.74) is 6.14. The Morgan fingerprint density at radius 1 is 1.43 bits per heavy atom. The Kier molecular flexibility index (Phi) is 3.47. The fraction of sp³-hybridized carbons (Fsp3) is 0.636. The fourth-order valence-corrected chi connectivity index (χ4v) is 3.32. The summed E-state index contributed by atoms with van der Waals surface area (Å²) in [4.78, 5) is 1.24. The van der Waals surface area contributed by atoms with Gasteiger partial charge in [0.15, 0.2) is 0 Å². The zero-order valence-corrected chi connectivity index (χ0v) is 9.78. The van der Waals surface area contributed by atoms with Crippen molar-refractivity contribution in [1.29, 1.82) is 0 Å². The molecule has 1 aliphatic rings. The molecule has 0 saturated heterocycles. The largest absolute Gasteiger partial charge is 0.323 e. The van der Waals surface area contributed by atoms with E-state index in [0.717, 1.165) is 16.7 Å². The van der Waals surface area contributed by atoms with Crippen molar-refractivity contribution in [1.82, 2.24) is 0 Å². The minimum atomic E-state index is 0.204. The van der Waals surface area contributed by atoms with Gasteiger partial charge in [0.2, 0.25) is 0 Å². The number of halogens is 1. The van der Waals surface area contributed by atoms with Gasteiger partial charge in [0.1, 0.15) is 0 Å². The molecule has 1 saturated carbocycles. The van der Waals surface area contributed by atoms with Gasteiger partial charge in [-0.25, -0.2) is 0 Å². The molecule has 3 heteroatoms. The van der Waals surface area contributed by atoms with E-state index < -0.39 is 0 Å². The molecule has 1 aromatic rings. The summed E-state index contributed by atoms with van der Waals surface area (Å²) in [5.74, 6) is 0.853. The van der Waals surface area contributed by atoms with Crippen molar-refractivity contribution >= 4 is 22.9 Å². The van der Waals surface area contributed by atoms with Crippen LogP contribution in [0.3, 0.4) is 0 Å². The predicted molar refractivity (Wildman–Crippen MR) is 62.8 cm³/mol. The van der Waals surface area contributed by atoms with Crippen LogP contribution < -0.4 is 5.73 Å². The van der Waals surface area contributed by atoms with Crippen molar-refractivity contribution < 1.29 is 0 Å². The summed E-state index contributed by atoms with van der Waals surface area (Å²) in [6.07, 6.45) is 6.65. The highest BCUT2D eigenvalue weighted by atomic mass is 35.5. The zero-order chi connectivity index (χ0) is 9.97. The SMILES string of the molecule is NC(CC1CCCC1)c1ccc(Cl)s1. The van der Waals surface area contributed by atoms with E-state index in [2.05, 4.69) is 6.07 Å². The molecule has 2 N–H and O–H groups in total. The molecule has 0 spiro atoms. The first-order chi connectivity index (χ1) is 6.75. The lowest BCUT2D eigenvalue weighted by Crippen LogP contribution is -2.12. The molecule has 0 aromatic carbocycles. The monoisotopic (exact) mass is 229 g/mol. The van der Waals surface area contributed by atoms with Crippen LogP contribution in [0.4, 0.5) is 0 Å². The van der Waals surface area contributed by atoms with Crippen LogP contribution in [0.5, 0.6) is 0 Å². The standard InChI is InChI=1S/C11H16ClNS/c12-11-6-5-10(14-11)9(13)7-8-3-1-2-4-8/h5-6,8-9H,1-4,7,13H2. The van der Waals surface area contributed by atoms with Crippen molar-refractivity contribution in [2.75, 3.05) is 0 Å². The van der Waals surface area contributed by atoms with Crippen LogP contribution in [0.25, 0.3) is 0 Å². The third-order valence-corrected chi connectivity index (χ3v) is 4.38. The maximum atomic E-state index is 6.14. The first-order valence-corrected chi connectivity index (χ1v) is 6.46. The molecule has 1 unspecified atom stereocenters. The Morgan fingerprint density at radius 2 is 2.14 bits per heavy atom. The molecule has 1 heterocycles. The third kappa shape index (κ3) is 2.50. The Bertz CT molecular complexity index is 291. The number of rotatable bonds is 3. The van der Waals surface area contributed by atoms with Gasteiger partial charge >= 0.3 is 0 Å². The van der Waals surface area contributed by atoms with Crippen LogP contribution in [0.15, 0.2) is 12.1 Å². The molecule has 0 amide bonds. The van der Waals surface area contributed by atoms with E-state index in [-0.39, 0.29) is 6.04 Å². The highest BCUT2D eigenvalue weighted by molar-refractivity contribution is 7.16. The van der Waals surface area contributed by atoms with Gasteiger partial charge in [-0.15, -0.1) is 11.3 Å². The third-order valence-electron chi connectivity index (χ3n) is 3.02. The highest BCUT2D eigenvalue weighted by Crippen LogP contribution is 2.34. The van der Waals surface area contributed by atoms with Crippen LogP contribution in [0.2, 0.25) is 4.34 Å². The molecule has 0 bridgehead atoms. The van der Waals surface area contributed by atoms with Crippen LogP contribution in [0, 0.1) is 5.92 Å². The minimum Gasteiger partial charge on any atom is -0.323 e. The maximum absolute atomic E-state index is 6.14. The fourth-order valence-electron chi connectivity index (χ4n) is 2.25. The summed E-state index contributed by atoms with van der Waals surface area (Å²) in [5, 5.41) is 0. The van der Waals surface area contributed by atoms with Crippen molar-refractivity contribution in [2.45, 2.75) is 38.1 Å². The normalized spacial score (nSPS) is 20.1. The number of hydrogen-bond donors (Lipinski definition) is 1. The smallest absolute Gasteiger partial charge is 0.0931 e. The molecule has 78 valence electrons. The van der Waals surface area contributed by atoms with Gasteiger partial charge in [0, 0.05) is 10.9 Å². The van der Waals surface area contributed by atoms with Gasteiger partial charge in [0.25, 0.3) is 0 Å². The molecule has 1 fully saturated rings. The van der Waals surface area contributed by atoms with Crippen molar-refractivity contribution in [3.63, 3.8) is 0 Å². The van der Waals surface area contributed by atoms with Crippen LogP contribution >= 0.6 is 22.9 Å². The molecule has 1 nitrogen and oxygen atoms in total. The summed E-state index contributed by atoms with van der Waals surface area (Å²) < 4.78 is 0.849. The topological polar surface area (TPSA) is 26.0 Å².